The Morgan fingerprint density at radius 1 is 0.889 bits per heavy atom. The molecule has 2 aromatic carbocycles. The topological polar surface area (TPSA) is 49.4 Å². The molecule has 1 saturated carbocycles. The van der Waals surface area contributed by atoms with Crippen molar-refractivity contribution < 1.29 is 9.59 Å². The van der Waals surface area contributed by atoms with Gasteiger partial charge in [-0.2, -0.15) is 0 Å². The average Bonchev–Trinajstić information content (AvgIpc) is 2.97. The minimum Gasteiger partial charge on any atom is -0.325 e. The molecule has 4 heteroatoms. The van der Waals surface area contributed by atoms with Gasteiger partial charge in [0.1, 0.15) is 6.04 Å². The number of imide groups is 1. The Balaban J connectivity index is 1.55. The Morgan fingerprint density at radius 3 is 2.19 bits per heavy atom. The number of rotatable bonds is 5. The highest BCUT2D eigenvalue weighted by atomic mass is 16.2. The maximum atomic E-state index is 13.0. The summed E-state index contributed by atoms with van der Waals surface area (Å²) < 4.78 is 0. The first-order valence-electron chi connectivity index (χ1n) is 9.89. The van der Waals surface area contributed by atoms with Crippen molar-refractivity contribution in [3.8, 4) is 0 Å². The molecule has 1 aliphatic carbocycles. The second-order valence-electron chi connectivity index (χ2n) is 7.82. The Bertz CT molecular complexity index is 798. The zero-order valence-electron chi connectivity index (χ0n) is 15.6. The van der Waals surface area contributed by atoms with E-state index in [2.05, 4.69) is 29.6 Å². The zero-order valence-corrected chi connectivity index (χ0v) is 15.6. The van der Waals surface area contributed by atoms with Gasteiger partial charge in [0, 0.05) is 18.4 Å². The van der Waals surface area contributed by atoms with Crippen LogP contribution in [0.25, 0.3) is 0 Å². The largest absolute Gasteiger partial charge is 0.325 e. The van der Waals surface area contributed by atoms with Gasteiger partial charge in [0.15, 0.2) is 0 Å². The van der Waals surface area contributed by atoms with Crippen LogP contribution in [0.5, 0.6) is 0 Å². The lowest BCUT2D eigenvalue weighted by Crippen LogP contribution is -2.45. The molecule has 27 heavy (non-hydrogen) atoms. The van der Waals surface area contributed by atoms with Crippen molar-refractivity contribution in [3.63, 3.8) is 0 Å². The van der Waals surface area contributed by atoms with Crippen LogP contribution in [0.1, 0.15) is 43.2 Å². The van der Waals surface area contributed by atoms with Gasteiger partial charge >= 0.3 is 6.03 Å². The molecule has 0 radical (unpaired) electrons. The molecule has 4 nitrogen and oxygen atoms in total. The van der Waals surface area contributed by atoms with Crippen LogP contribution in [0.15, 0.2) is 60.7 Å². The SMILES string of the molecule is O=C1NC(Cc2ccccc2)C(=O)N1CC1(c2ccccc2)CCCCC1. The molecule has 1 unspecified atom stereocenters. The number of nitrogens with zero attached hydrogens (tertiary/aromatic N) is 1. The minimum atomic E-state index is -0.462. The highest BCUT2D eigenvalue weighted by molar-refractivity contribution is 6.04. The Hall–Kier alpha value is -2.62. The second kappa shape index (κ2) is 7.55. The van der Waals surface area contributed by atoms with Gasteiger partial charge in [-0.3, -0.25) is 9.69 Å². The standard InChI is InChI=1S/C23H26N2O2/c26-21-20(16-18-10-4-1-5-11-18)24-22(27)25(21)17-23(14-8-3-9-15-23)19-12-6-2-7-13-19/h1-2,4-7,10-13,20H,3,8-9,14-17H2,(H,24,27). The molecule has 1 atom stereocenters. The molecule has 3 amide bonds. The molecule has 0 spiro atoms. The maximum Gasteiger partial charge on any atom is 0.324 e. The summed E-state index contributed by atoms with van der Waals surface area (Å²) in [6, 6.07) is 19.6. The van der Waals surface area contributed by atoms with E-state index in [0.717, 1.165) is 31.2 Å². The fourth-order valence-electron chi connectivity index (χ4n) is 4.58. The van der Waals surface area contributed by atoms with E-state index in [1.54, 1.807) is 0 Å². The second-order valence-corrected chi connectivity index (χ2v) is 7.82. The first-order chi connectivity index (χ1) is 13.2. The maximum absolute atomic E-state index is 13.0. The summed E-state index contributed by atoms with van der Waals surface area (Å²) in [6.45, 7) is 0.479. The van der Waals surface area contributed by atoms with Crippen LogP contribution in [0.2, 0.25) is 0 Å². The van der Waals surface area contributed by atoms with Crippen molar-refractivity contribution >= 4 is 11.9 Å². The van der Waals surface area contributed by atoms with E-state index < -0.39 is 6.04 Å². The van der Waals surface area contributed by atoms with Crippen LogP contribution in [-0.4, -0.2) is 29.4 Å². The van der Waals surface area contributed by atoms with Crippen LogP contribution < -0.4 is 5.32 Å². The summed E-state index contributed by atoms with van der Waals surface area (Å²) >= 11 is 0. The van der Waals surface area contributed by atoms with E-state index in [-0.39, 0.29) is 17.4 Å². The van der Waals surface area contributed by atoms with Gasteiger partial charge in [-0.25, -0.2) is 4.79 Å². The first kappa shape index (κ1) is 17.8. The third-order valence-electron chi connectivity index (χ3n) is 6.05. The Kier molecular flexibility index (Phi) is 4.97. The van der Waals surface area contributed by atoms with Gasteiger partial charge in [0.2, 0.25) is 0 Å². The number of carbonyl (C=O) groups excluding carboxylic acids is 2. The smallest absolute Gasteiger partial charge is 0.324 e. The summed E-state index contributed by atoms with van der Waals surface area (Å²) in [5.74, 6) is -0.0928. The molecule has 1 saturated heterocycles. The average molecular weight is 362 g/mol. The molecular weight excluding hydrogens is 336 g/mol. The van der Waals surface area contributed by atoms with Crippen molar-refractivity contribution in [1.82, 2.24) is 10.2 Å². The fraction of sp³-hybridized carbons (Fsp3) is 0.391. The zero-order chi connectivity index (χ0) is 18.7. The summed E-state index contributed by atoms with van der Waals surface area (Å²) in [4.78, 5) is 27.1. The van der Waals surface area contributed by atoms with Crippen molar-refractivity contribution in [2.75, 3.05) is 6.54 Å². The number of urea groups is 1. The normalized spacial score (nSPS) is 21.9. The molecule has 0 bridgehead atoms. The van der Waals surface area contributed by atoms with E-state index in [0.29, 0.717) is 13.0 Å². The van der Waals surface area contributed by atoms with Gasteiger partial charge in [0.25, 0.3) is 5.91 Å². The van der Waals surface area contributed by atoms with Crippen LogP contribution in [0.4, 0.5) is 4.79 Å². The highest BCUT2D eigenvalue weighted by Crippen LogP contribution is 2.40. The molecule has 2 aromatic rings. The van der Waals surface area contributed by atoms with Crippen molar-refractivity contribution in [1.29, 1.82) is 0 Å². The lowest BCUT2D eigenvalue weighted by Gasteiger charge is -2.40. The van der Waals surface area contributed by atoms with Crippen LogP contribution >= 0.6 is 0 Å². The van der Waals surface area contributed by atoms with E-state index in [9.17, 15) is 9.59 Å². The predicted octanol–water partition coefficient (Wildman–Crippen LogP) is 4.05. The third kappa shape index (κ3) is 3.61. The number of hydrogen-bond acceptors (Lipinski definition) is 2. The minimum absolute atomic E-state index is 0.0928. The van der Waals surface area contributed by atoms with Gasteiger partial charge < -0.3 is 5.32 Å². The highest BCUT2D eigenvalue weighted by Gasteiger charge is 2.44. The fourth-order valence-corrected chi connectivity index (χ4v) is 4.58. The van der Waals surface area contributed by atoms with Crippen molar-refractivity contribution in [2.24, 2.45) is 0 Å². The number of benzene rings is 2. The molecule has 2 fully saturated rings. The molecule has 2 aliphatic rings. The first-order valence-corrected chi connectivity index (χ1v) is 9.89. The molecule has 1 heterocycles. The summed E-state index contributed by atoms with van der Waals surface area (Å²) in [7, 11) is 0. The molecular formula is C23H26N2O2. The number of amides is 3. The van der Waals surface area contributed by atoms with Gasteiger partial charge in [-0.1, -0.05) is 79.9 Å². The summed E-state index contributed by atoms with van der Waals surface area (Å²) in [5.41, 5.74) is 2.19. The van der Waals surface area contributed by atoms with Crippen molar-refractivity contribution in [3.05, 3.63) is 71.8 Å². The number of hydrogen-bond donors (Lipinski definition) is 1. The van der Waals surface area contributed by atoms with Gasteiger partial charge in [-0.05, 0) is 24.0 Å². The van der Waals surface area contributed by atoms with E-state index in [1.807, 2.05) is 36.4 Å². The van der Waals surface area contributed by atoms with Crippen LogP contribution in [0, 0.1) is 0 Å². The molecule has 0 aromatic heterocycles. The Morgan fingerprint density at radius 2 is 1.52 bits per heavy atom. The van der Waals surface area contributed by atoms with Crippen LogP contribution in [0.3, 0.4) is 0 Å². The lowest BCUT2D eigenvalue weighted by molar-refractivity contribution is -0.128. The summed E-state index contributed by atoms with van der Waals surface area (Å²) in [6.07, 6.45) is 6.11. The number of nitrogens with one attached hydrogen (secondary N) is 1. The molecule has 4 rings (SSSR count). The Labute approximate surface area is 160 Å². The quantitative estimate of drug-likeness (QED) is 0.816. The lowest BCUT2D eigenvalue weighted by atomic mass is 9.69. The molecule has 1 N–H and O–H groups in total. The third-order valence-corrected chi connectivity index (χ3v) is 6.05. The predicted molar refractivity (Wildman–Crippen MR) is 105 cm³/mol. The summed E-state index contributed by atoms with van der Waals surface area (Å²) in [5, 5.41) is 2.90. The van der Waals surface area contributed by atoms with Gasteiger partial charge in [0.05, 0.1) is 0 Å². The van der Waals surface area contributed by atoms with Crippen molar-refractivity contribution in [2.45, 2.75) is 50.0 Å². The van der Waals surface area contributed by atoms with Gasteiger partial charge in [-0.15, -0.1) is 0 Å². The van der Waals surface area contributed by atoms with E-state index in [1.165, 1.54) is 16.9 Å². The van der Waals surface area contributed by atoms with E-state index >= 15 is 0 Å². The monoisotopic (exact) mass is 362 g/mol. The number of carbonyl (C=O) groups is 2. The molecule has 1 aliphatic heterocycles. The van der Waals surface area contributed by atoms with Crippen LogP contribution in [-0.2, 0) is 16.6 Å². The molecule has 140 valence electrons. The van der Waals surface area contributed by atoms with E-state index in [4.69, 9.17) is 0 Å².